The first-order valence-electron chi connectivity index (χ1n) is 7.95. The highest BCUT2D eigenvalue weighted by Crippen LogP contribution is 2.31. The molecule has 0 saturated carbocycles. The fourth-order valence-electron chi connectivity index (χ4n) is 2.11. The molecule has 0 radical (unpaired) electrons. The van der Waals surface area contributed by atoms with Gasteiger partial charge in [-0.05, 0) is 25.1 Å². The topological polar surface area (TPSA) is 82.8 Å². The van der Waals surface area contributed by atoms with Crippen molar-refractivity contribution in [2.24, 2.45) is 0 Å². The van der Waals surface area contributed by atoms with Crippen molar-refractivity contribution in [3.05, 3.63) is 35.3 Å². The standard InChI is InChI=1S/C17H20ClFN2O5/c1-3-24-9-14(19)25-7-6-20-17(22)15-16(26-10-21-15)11-4-5-13(23-2)12(18)8-11/h4-5,8,10,14H,3,6-7,9H2,1-2H3,(H,20,22)/i19-1. The second-order valence-electron chi connectivity index (χ2n) is 5.08. The Morgan fingerprint density at radius 3 is 2.96 bits per heavy atom. The SMILES string of the molecule is CCOCC([18F])OCCNC(=O)c1ncoc1-c1ccc(OC)c(Cl)c1. The molecule has 1 aromatic carbocycles. The third-order valence-electron chi connectivity index (χ3n) is 3.34. The Balaban J connectivity index is 1.93. The molecule has 0 fully saturated rings. The molecule has 9 heteroatoms. The number of amides is 1. The summed E-state index contributed by atoms with van der Waals surface area (Å²) in [5.74, 6) is 0.308. The second kappa shape index (κ2) is 10.1. The van der Waals surface area contributed by atoms with Gasteiger partial charge in [0.15, 0.2) is 17.8 Å². The molecule has 0 spiro atoms. The van der Waals surface area contributed by atoms with Gasteiger partial charge in [-0.1, -0.05) is 11.6 Å². The van der Waals surface area contributed by atoms with Crippen LogP contribution in [0.4, 0.5) is 4.39 Å². The maximum absolute atomic E-state index is 13.3. The molecule has 142 valence electrons. The minimum atomic E-state index is -1.53. The van der Waals surface area contributed by atoms with Crippen LogP contribution in [0.3, 0.4) is 0 Å². The Hall–Kier alpha value is -2.16. The van der Waals surface area contributed by atoms with Gasteiger partial charge < -0.3 is 23.9 Å². The van der Waals surface area contributed by atoms with Gasteiger partial charge >= 0.3 is 0 Å². The average Bonchev–Trinajstić information content (AvgIpc) is 3.13. The zero-order chi connectivity index (χ0) is 18.9. The van der Waals surface area contributed by atoms with E-state index in [1.54, 1.807) is 25.1 Å². The average molecular weight is 386 g/mol. The minimum absolute atomic E-state index is 0.00152. The first kappa shape index (κ1) is 20.2. The van der Waals surface area contributed by atoms with Crippen LogP contribution in [0.1, 0.15) is 17.4 Å². The number of alkyl halides is 1. The van der Waals surface area contributed by atoms with E-state index >= 15 is 0 Å². The number of hydrogen-bond donors (Lipinski definition) is 1. The third-order valence-corrected chi connectivity index (χ3v) is 3.63. The summed E-state index contributed by atoms with van der Waals surface area (Å²) in [5.41, 5.74) is 0.674. The molecular formula is C17H20ClFN2O5. The molecule has 0 saturated heterocycles. The van der Waals surface area contributed by atoms with Crippen LogP contribution in [0, 0.1) is 0 Å². The zero-order valence-electron chi connectivity index (χ0n) is 14.5. The van der Waals surface area contributed by atoms with E-state index in [-0.39, 0.29) is 31.2 Å². The van der Waals surface area contributed by atoms with Crippen LogP contribution in [0.5, 0.6) is 5.75 Å². The fourth-order valence-corrected chi connectivity index (χ4v) is 2.37. The molecule has 0 aliphatic carbocycles. The predicted molar refractivity (Wildman–Crippen MR) is 93.2 cm³/mol. The first-order valence-corrected chi connectivity index (χ1v) is 8.33. The fraction of sp³-hybridized carbons (Fsp3) is 0.412. The number of methoxy groups -OCH3 is 1. The highest BCUT2D eigenvalue weighted by atomic mass is 35.5. The van der Waals surface area contributed by atoms with Gasteiger partial charge in [0.25, 0.3) is 5.91 Å². The van der Waals surface area contributed by atoms with E-state index in [0.29, 0.717) is 22.9 Å². The van der Waals surface area contributed by atoms with Crippen molar-refractivity contribution in [2.75, 3.05) is 33.5 Å². The molecule has 1 N–H and O–H groups in total. The maximum atomic E-state index is 13.3. The quantitative estimate of drug-likeness (QED) is 0.633. The van der Waals surface area contributed by atoms with Gasteiger partial charge in [-0.3, -0.25) is 4.79 Å². The van der Waals surface area contributed by atoms with Gasteiger partial charge in [-0.15, -0.1) is 0 Å². The summed E-state index contributed by atoms with van der Waals surface area (Å²) in [6, 6.07) is 4.98. The largest absolute Gasteiger partial charge is 0.495 e. The molecule has 0 aliphatic rings. The van der Waals surface area contributed by atoms with Crippen molar-refractivity contribution in [3.63, 3.8) is 0 Å². The van der Waals surface area contributed by atoms with E-state index in [1.807, 2.05) is 0 Å². The smallest absolute Gasteiger partial charge is 0.274 e. The summed E-state index contributed by atoms with van der Waals surface area (Å²) < 4.78 is 33.4. The number of oxazole rings is 1. The number of nitrogens with one attached hydrogen (secondary N) is 1. The Morgan fingerprint density at radius 1 is 1.46 bits per heavy atom. The molecule has 2 rings (SSSR count). The van der Waals surface area contributed by atoms with Crippen LogP contribution in [-0.4, -0.2) is 50.7 Å². The van der Waals surface area contributed by atoms with Crippen molar-refractivity contribution in [3.8, 4) is 17.1 Å². The van der Waals surface area contributed by atoms with Crippen molar-refractivity contribution >= 4 is 17.5 Å². The van der Waals surface area contributed by atoms with E-state index in [9.17, 15) is 9.18 Å². The third kappa shape index (κ3) is 5.42. The van der Waals surface area contributed by atoms with E-state index < -0.39 is 12.3 Å². The van der Waals surface area contributed by atoms with Crippen molar-refractivity contribution in [1.29, 1.82) is 0 Å². The summed E-state index contributed by atoms with van der Waals surface area (Å²) in [6.07, 6.45) is -0.366. The summed E-state index contributed by atoms with van der Waals surface area (Å²) >= 11 is 6.10. The molecule has 2 aromatic rings. The summed E-state index contributed by atoms with van der Waals surface area (Å²) in [4.78, 5) is 16.2. The summed E-state index contributed by atoms with van der Waals surface area (Å²) in [5, 5.41) is 2.97. The van der Waals surface area contributed by atoms with Crippen LogP contribution >= 0.6 is 11.6 Å². The van der Waals surface area contributed by atoms with Gasteiger partial charge in [0.2, 0.25) is 6.36 Å². The Kier molecular flexibility index (Phi) is 7.83. The monoisotopic (exact) mass is 385 g/mol. The second-order valence-corrected chi connectivity index (χ2v) is 5.48. The van der Waals surface area contributed by atoms with Crippen molar-refractivity contribution < 1.29 is 27.8 Å². The number of aromatic nitrogens is 1. The van der Waals surface area contributed by atoms with Gasteiger partial charge in [-0.25, -0.2) is 9.37 Å². The molecule has 1 amide bonds. The number of benzene rings is 1. The lowest BCUT2D eigenvalue weighted by Crippen LogP contribution is -2.29. The van der Waals surface area contributed by atoms with E-state index in [4.69, 9.17) is 30.2 Å². The lowest BCUT2D eigenvalue weighted by Gasteiger charge is -2.10. The van der Waals surface area contributed by atoms with Crippen LogP contribution in [-0.2, 0) is 9.47 Å². The molecule has 1 heterocycles. The van der Waals surface area contributed by atoms with Crippen LogP contribution in [0.25, 0.3) is 11.3 Å². The molecular weight excluding hydrogens is 366 g/mol. The molecule has 0 aliphatic heterocycles. The number of carbonyl (C=O) groups is 1. The van der Waals surface area contributed by atoms with E-state index in [1.165, 1.54) is 13.5 Å². The number of carbonyl (C=O) groups excluding carboxylic acids is 1. The Morgan fingerprint density at radius 2 is 2.27 bits per heavy atom. The normalized spacial score (nSPS) is 12.0. The zero-order valence-corrected chi connectivity index (χ0v) is 15.2. The van der Waals surface area contributed by atoms with Crippen molar-refractivity contribution in [1.82, 2.24) is 10.3 Å². The summed E-state index contributed by atoms with van der Waals surface area (Å²) in [7, 11) is 1.51. The summed E-state index contributed by atoms with van der Waals surface area (Å²) in [6.45, 7) is 2.14. The van der Waals surface area contributed by atoms with E-state index in [2.05, 4.69) is 10.3 Å². The van der Waals surface area contributed by atoms with Crippen molar-refractivity contribution in [2.45, 2.75) is 13.3 Å². The molecule has 1 unspecified atom stereocenters. The Bertz CT molecular complexity index is 725. The lowest BCUT2D eigenvalue weighted by atomic mass is 10.1. The maximum Gasteiger partial charge on any atom is 0.274 e. The molecule has 0 bridgehead atoms. The van der Waals surface area contributed by atoms with Gasteiger partial charge in [0, 0.05) is 18.7 Å². The van der Waals surface area contributed by atoms with Gasteiger partial charge in [-0.2, -0.15) is 0 Å². The number of nitrogens with zero attached hydrogens (tertiary/aromatic N) is 1. The first-order chi connectivity index (χ1) is 12.6. The molecule has 1 atom stereocenters. The minimum Gasteiger partial charge on any atom is -0.495 e. The van der Waals surface area contributed by atoms with Crippen LogP contribution in [0.15, 0.2) is 29.0 Å². The predicted octanol–water partition coefficient (Wildman–Crippen LogP) is 3.08. The number of ether oxygens (including phenoxy) is 3. The van der Waals surface area contributed by atoms with Crippen LogP contribution in [0.2, 0.25) is 5.02 Å². The molecule has 7 nitrogen and oxygen atoms in total. The Labute approximate surface area is 155 Å². The van der Waals surface area contributed by atoms with Gasteiger partial charge in [0.05, 0.1) is 18.7 Å². The van der Waals surface area contributed by atoms with E-state index in [0.717, 1.165) is 0 Å². The van der Waals surface area contributed by atoms with Crippen LogP contribution < -0.4 is 10.1 Å². The highest BCUT2D eigenvalue weighted by molar-refractivity contribution is 6.32. The molecule has 26 heavy (non-hydrogen) atoms. The van der Waals surface area contributed by atoms with Gasteiger partial charge in [0.1, 0.15) is 12.4 Å². The number of rotatable bonds is 10. The highest BCUT2D eigenvalue weighted by Gasteiger charge is 2.19. The molecule has 1 aromatic heterocycles. The number of halogens is 2. The lowest BCUT2D eigenvalue weighted by molar-refractivity contribution is -0.0847. The number of hydrogen-bond acceptors (Lipinski definition) is 6.